The Labute approximate surface area is 243 Å². The van der Waals surface area contributed by atoms with E-state index in [1.165, 1.54) is 12.7 Å². The van der Waals surface area contributed by atoms with Gasteiger partial charge in [0.15, 0.2) is 0 Å². The Balaban J connectivity index is 1.28. The van der Waals surface area contributed by atoms with Gasteiger partial charge >= 0.3 is 18.3 Å². The van der Waals surface area contributed by atoms with E-state index in [0.717, 1.165) is 49.8 Å². The van der Waals surface area contributed by atoms with E-state index in [1.807, 2.05) is 11.8 Å². The van der Waals surface area contributed by atoms with Gasteiger partial charge in [-0.2, -0.15) is 26.3 Å². The van der Waals surface area contributed by atoms with Crippen molar-refractivity contribution in [3.8, 4) is 0 Å². The number of esters is 1. The number of benzene rings is 2. The molecule has 0 radical (unpaired) electrons. The molecule has 0 amide bonds. The molecule has 2 aromatic rings. The van der Waals surface area contributed by atoms with Crippen LogP contribution in [0.15, 0.2) is 36.4 Å². The number of likely N-dealkylation sites (tertiary alicyclic amines) is 1. The van der Waals surface area contributed by atoms with E-state index >= 15 is 0 Å². The smallest absolute Gasteiger partial charge is 0.416 e. The van der Waals surface area contributed by atoms with Crippen molar-refractivity contribution < 1.29 is 35.9 Å². The molecule has 2 fully saturated rings. The quantitative estimate of drug-likeness (QED) is 0.242. The molecular formula is C32H38F6N2O2. The summed E-state index contributed by atoms with van der Waals surface area (Å²) < 4.78 is 85.6. The van der Waals surface area contributed by atoms with E-state index in [9.17, 15) is 31.1 Å². The Morgan fingerprint density at radius 3 is 2.24 bits per heavy atom. The normalized spacial score (nSPS) is 22.0. The van der Waals surface area contributed by atoms with Gasteiger partial charge in [-0.3, -0.25) is 9.69 Å². The van der Waals surface area contributed by atoms with Crippen LogP contribution < -0.4 is 4.90 Å². The second-order valence-corrected chi connectivity index (χ2v) is 12.3. The van der Waals surface area contributed by atoms with E-state index in [-0.39, 0.29) is 36.0 Å². The number of nitrogens with zero attached hydrogens (tertiary/aromatic N) is 2. The first-order valence-corrected chi connectivity index (χ1v) is 14.7. The third-order valence-electron chi connectivity index (χ3n) is 9.63. The summed E-state index contributed by atoms with van der Waals surface area (Å²) in [6.45, 7) is 2.82. The predicted octanol–water partition coefficient (Wildman–Crippen LogP) is 7.69. The van der Waals surface area contributed by atoms with Gasteiger partial charge in [-0.25, -0.2) is 0 Å². The molecular weight excluding hydrogens is 558 g/mol. The number of halogens is 6. The maximum atomic E-state index is 13.6. The molecule has 0 bridgehead atoms. The fourth-order valence-corrected chi connectivity index (χ4v) is 7.23. The summed E-state index contributed by atoms with van der Waals surface area (Å²) in [5.41, 5.74) is 1.17. The number of methoxy groups -OCH3 is 1. The number of alkyl halides is 6. The molecule has 3 aliphatic rings. The SMILES string of the molecule is COC(=O)[C@@H](C)C(c1ccc2c(c1)N(C)C(C1CCN(Cc3cc(C(F)(F)F)ccc3C(F)(F)F)CC1)CC2)C1CC1. The standard InChI is InChI=1S/C32H38F6N2O2/c1-19(30(41)42-3)29(22-5-6-22)23-7-4-20-8-11-27(39(2)28(20)17-23)21-12-14-40(15-13-21)18-24-16-25(31(33,34)35)9-10-26(24)32(36,37)38/h4,7,9-10,16-17,19,21-22,27,29H,5-6,8,11-15,18H2,1-3H3/t19-,27?,29?/m0/s1. The molecule has 2 unspecified atom stereocenters. The highest BCUT2D eigenvalue weighted by molar-refractivity contribution is 5.73. The van der Waals surface area contributed by atoms with Gasteiger partial charge in [0.05, 0.1) is 24.2 Å². The first-order chi connectivity index (χ1) is 19.8. The molecule has 2 aromatic carbocycles. The van der Waals surface area contributed by atoms with Crippen molar-refractivity contribution >= 4 is 11.7 Å². The van der Waals surface area contributed by atoms with E-state index < -0.39 is 23.5 Å². The van der Waals surface area contributed by atoms with Crippen LogP contribution in [-0.2, 0) is 34.8 Å². The van der Waals surface area contributed by atoms with Crippen LogP contribution in [0.2, 0.25) is 0 Å². The zero-order chi connectivity index (χ0) is 30.4. The van der Waals surface area contributed by atoms with Gasteiger partial charge in [-0.15, -0.1) is 0 Å². The van der Waals surface area contributed by atoms with Crippen LogP contribution in [0.5, 0.6) is 0 Å². The lowest BCUT2D eigenvalue weighted by atomic mass is 9.79. The average Bonchev–Trinajstić information content (AvgIpc) is 3.78. The van der Waals surface area contributed by atoms with E-state index in [0.29, 0.717) is 43.1 Å². The lowest BCUT2D eigenvalue weighted by Gasteiger charge is -2.44. The molecule has 0 spiro atoms. The van der Waals surface area contributed by atoms with Gasteiger partial charge in [-0.1, -0.05) is 19.1 Å². The van der Waals surface area contributed by atoms with Gasteiger partial charge in [0.25, 0.3) is 0 Å². The molecule has 230 valence electrons. The summed E-state index contributed by atoms with van der Waals surface area (Å²) in [6.07, 6.45) is -3.82. The fourth-order valence-electron chi connectivity index (χ4n) is 7.23. The minimum absolute atomic E-state index is 0.109. The van der Waals surface area contributed by atoms with Gasteiger partial charge in [-0.05, 0) is 110 Å². The highest BCUT2D eigenvalue weighted by Gasteiger charge is 2.41. The number of aryl methyl sites for hydroxylation is 1. The lowest BCUT2D eigenvalue weighted by Crippen LogP contribution is -2.46. The van der Waals surface area contributed by atoms with Crippen molar-refractivity contribution in [2.75, 3.05) is 32.1 Å². The molecule has 0 aromatic heterocycles. The van der Waals surface area contributed by atoms with Crippen LogP contribution in [0.3, 0.4) is 0 Å². The van der Waals surface area contributed by atoms with E-state index in [1.54, 1.807) is 0 Å². The number of fused-ring (bicyclic) bond motifs is 1. The Hall–Kier alpha value is -2.75. The molecule has 0 N–H and O–H groups in total. The third-order valence-corrected chi connectivity index (χ3v) is 9.63. The van der Waals surface area contributed by atoms with E-state index in [4.69, 9.17) is 4.74 Å². The van der Waals surface area contributed by atoms with Crippen LogP contribution in [0.25, 0.3) is 0 Å². The van der Waals surface area contributed by atoms with Crippen molar-refractivity contribution in [3.05, 3.63) is 64.2 Å². The van der Waals surface area contributed by atoms with Crippen molar-refractivity contribution in [1.29, 1.82) is 0 Å². The van der Waals surface area contributed by atoms with E-state index in [2.05, 4.69) is 30.1 Å². The van der Waals surface area contributed by atoms with Crippen LogP contribution in [-0.4, -0.2) is 44.2 Å². The molecule has 2 aliphatic heterocycles. The average molecular weight is 597 g/mol. The highest BCUT2D eigenvalue weighted by atomic mass is 19.4. The minimum Gasteiger partial charge on any atom is -0.469 e. The maximum Gasteiger partial charge on any atom is 0.416 e. The van der Waals surface area contributed by atoms with Crippen molar-refractivity contribution in [1.82, 2.24) is 4.90 Å². The van der Waals surface area contributed by atoms with Crippen LogP contribution in [0.4, 0.5) is 32.0 Å². The second kappa shape index (κ2) is 11.7. The number of carbonyl (C=O) groups is 1. The zero-order valence-corrected chi connectivity index (χ0v) is 24.2. The largest absolute Gasteiger partial charge is 0.469 e. The third kappa shape index (κ3) is 6.43. The van der Waals surface area contributed by atoms with Gasteiger partial charge in [0.1, 0.15) is 0 Å². The Bertz CT molecular complexity index is 1280. The number of hydrogen-bond donors (Lipinski definition) is 0. The van der Waals surface area contributed by atoms with Gasteiger partial charge < -0.3 is 9.64 Å². The van der Waals surface area contributed by atoms with Crippen LogP contribution >= 0.6 is 0 Å². The molecule has 4 nitrogen and oxygen atoms in total. The number of hydrogen-bond acceptors (Lipinski definition) is 4. The predicted molar refractivity (Wildman–Crippen MR) is 148 cm³/mol. The summed E-state index contributed by atoms with van der Waals surface area (Å²) in [5, 5.41) is 0. The number of carbonyl (C=O) groups excluding carboxylic acids is 1. The number of piperidine rings is 1. The highest BCUT2D eigenvalue weighted by Crippen LogP contribution is 2.48. The minimum atomic E-state index is -4.72. The summed E-state index contributed by atoms with van der Waals surface area (Å²) in [7, 11) is 3.51. The van der Waals surface area contributed by atoms with Crippen LogP contribution in [0, 0.1) is 17.8 Å². The van der Waals surface area contributed by atoms with Crippen molar-refractivity contribution in [2.24, 2.45) is 17.8 Å². The number of ether oxygens (including phenoxy) is 1. The summed E-state index contributed by atoms with van der Waals surface area (Å²) in [5.74, 6) is 0.470. The van der Waals surface area contributed by atoms with Crippen molar-refractivity contribution in [2.45, 2.75) is 76.3 Å². The second-order valence-electron chi connectivity index (χ2n) is 12.3. The fraction of sp³-hybridized carbons (Fsp3) is 0.594. The monoisotopic (exact) mass is 596 g/mol. The molecule has 5 rings (SSSR count). The number of rotatable bonds is 7. The lowest BCUT2D eigenvalue weighted by molar-refractivity contribution is -0.145. The summed E-state index contributed by atoms with van der Waals surface area (Å²) in [4.78, 5) is 16.6. The molecule has 3 atom stereocenters. The Morgan fingerprint density at radius 2 is 1.64 bits per heavy atom. The number of anilines is 1. The topological polar surface area (TPSA) is 32.8 Å². The maximum absolute atomic E-state index is 13.6. The first-order valence-electron chi connectivity index (χ1n) is 14.7. The summed E-state index contributed by atoms with van der Waals surface area (Å²) >= 11 is 0. The van der Waals surface area contributed by atoms with Crippen LogP contribution in [0.1, 0.15) is 72.8 Å². The Kier molecular flexibility index (Phi) is 8.58. The van der Waals surface area contributed by atoms with Crippen molar-refractivity contribution in [3.63, 3.8) is 0 Å². The molecule has 1 aliphatic carbocycles. The zero-order valence-electron chi connectivity index (χ0n) is 24.2. The van der Waals surface area contributed by atoms with Gasteiger partial charge in [0, 0.05) is 25.3 Å². The molecule has 1 saturated heterocycles. The molecule has 10 heteroatoms. The summed E-state index contributed by atoms with van der Waals surface area (Å²) in [6, 6.07) is 8.51. The van der Waals surface area contributed by atoms with Gasteiger partial charge in [0.2, 0.25) is 0 Å². The molecule has 1 saturated carbocycles. The first kappa shape index (κ1) is 30.7. The molecule has 42 heavy (non-hydrogen) atoms. The Morgan fingerprint density at radius 1 is 0.952 bits per heavy atom. The molecule has 2 heterocycles.